The second kappa shape index (κ2) is 10.2. The minimum absolute atomic E-state index is 0.0159. The molecule has 0 unspecified atom stereocenters. The molecule has 6 nitrogen and oxygen atoms in total. The fourth-order valence-electron chi connectivity index (χ4n) is 4.32. The molecule has 1 aliphatic carbocycles. The van der Waals surface area contributed by atoms with Crippen LogP contribution in [-0.2, 0) is 24.2 Å². The summed E-state index contributed by atoms with van der Waals surface area (Å²) in [5, 5.41) is 13.4. The number of hydrogen-bond donors (Lipinski definition) is 1. The summed E-state index contributed by atoms with van der Waals surface area (Å²) < 4.78 is 0. The number of carbonyl (C=O) groups is 1. The van der Waals surface area contributed by atoms with E-state index in [9.17, 15) is 10.1 Å². The monoisotopic (exact) mass is 423 g/mol. The van der Waals surface area contributed by atoms with Crippen molar-refractivity contribution >= 4 is 22.2 Å². The van der Waals surface area contributed by atoms with Crippen LogP contribution in [0.15, 0.2) is 24.5 Å². The number of pyridine rings is 1. The number of nitrogens with zero attached hydrogens (tertiary/aromatic N) is 4. The third-order valence-corrected chi connectivity index (χ3v) is 7.27. The number of anilines is 1. The Bertz CT molecular complexity index is 896. The summed E-state index contributed by atoms with van der Waals surface area (Å²) >= 11 is 1.61. The summed E-state index contributed by atoms with van der Waals surface area (Å²) in [5.41, 5.74) is 3.18. The van der Waals surface area contributed by atoms with Crippen molar-refractivity contribution in [3.63, 3.8) is 0 Å². The van der Waals surface area contributed by atoms with Gasteiger partial charge in [0.2, 0.25) is 5.91 Å². The molecule has 2 aromatic rings. The van der Waals surface area contributed by atoms with Gasteiger partial charge < -0.3 is 10.2 Å². The molecule has 158 valence electrons. The van der Waals surface area contributed by atoms with Crippen molar-refractivity contribution in [2.45, 2.75) is 45.1 Å². The first kappa shape index (κ1) is 21.0. The standard InChI is InChI=1S/C23H29N5OS/c24-16-20-19-4-2-1-3-5-21(19)30-23(20)26-22(29)8-11-27-12-14-28(15-13-27)17-18-6-9-25-10-7-18/h6-7,9-10H,1-5,8,11-15,17H2,(H,26,29). The van der Waals surface area contributed by atoms with Crippen LogP contribution in [0.5, 0.6) is 0 Å². The van der Waals surface area contributed by atoms with Gasteiger partial charge in [0.1, 0.15) is 11.1 Å². The van der Waals surface area contributed by atoms with E-state index < -0.39 is 0 Å². The first-order valence-corrected chi connectivity index (χ1v) is 11.7. The molecule has 2 aliphatic rings. The zero-order valence-corrected chi connectivity index (χ0v) is 18.2. The third-order valence-electron chi connectivity index (χ3n) is 6.06. The number of nitrogens with one attached hydrogen (secondary N) is 1. The fraction of sp³-hybridized carbons (Fsp3) is 0.522. The van der Waals surface area contributed by atoms with Gasteiger partial charge in [0.15, 0.2) is 0 Å². The lowest BCUT2D eigenvalue weighted by atomic mass is 10.1. The van der Waals surface area contributed by atoms with Crippen LogP contribution in [-0.4, -0.2) is 53.4 Å². The summed E-state index contributed by atoms with van der Waals surface area (Å²) in [6.45, 7) is 5.71. The lowest BCUT2D eigenvalue weighted by molar-refractivity contribution is -0.116. The van der Waals surface area contributed by atoms with Crippen LogP contribution in [0.3, 0.4) is 0 Å². The van der Waals surface area contributed by atoms with E-state index in [-0.39, 0.29) is 5.91 Å². The number of aryl methyl sites for hydroxylation is 1. The number of nitriles is 1. The molecule has 1 fully saturated rings. The minimum atomic E-state index is 0.0159. The van der Waals surface area contributed by atoms with E-state index in [1.165, 1.54) is 28.8 Å². The maximum absolute atomic E-state index is 12.6. The van der Waals surface area contributed by atoms with E-state index in [1.54, 1.807) is 11.3 Å². The smallest absolute Gasteiger partial charge is 0.226 e. The number of aromatic nitrogens is 1. The zero-order chi connectivity index (χ0) is 20.8. The van der Waals surface area contributed by atoms with Gasteiger partial charge in [-0.05, 0) is 48.9 Å². The van der Waals surface area contributed by atoms with Crippen molar-refractivity contribution in [3.8, 4) is 6.07 Å². The Morgan fingerprint density at radius 3 is 2.60 bits per heavy atom. The molecular formula is C23H29N5OS. The lowest BCUT2D eigenvalue weighted by Crippen LogP contribution is -2.46. The van der Waals surface area contributed by atoms with Gasteiger partial charge in [0.05, 0.1) is 5.56 Å². The quantitative estimate of drug-likeness (QED) is 0.721. The number of fused-ring (bicyclic) bond motifs is 1. The lowest BCUT2D eigenvalue weighted by Gasteiger charge is -2.34. The molecule has 1 amide bonds. The average molecular weight is 424 g/mol. The molecule has 2 aromatic heterocycles. The van der Waals surface area contributed by atoms with Crippen LogP contribution < -0.4 is 5.32 Å². The Morgan fingerprint density at radius 1 is 1.10 bits per heavy atom. The molecule has 4 rings (SSSR count). The average Bonchev–Trinajstić information content (AvgIpc) is 2.92. The maximum Gasteiger partial charge on any atom is 0.226 e. The van der Waals surface area contributed by atoms with E-state index in [4.69, 9.17) is 0 Å². The molecule has 1 aliphatic heterocycles. The van der Waals surface area contributed by atoms with Crippen LogP contribution in [0.4, 0.5) is 5.00 Å². The van der Waals surface area contributed by atoms with Crippen molar-refractivity contribution in [1.29, 1.82) is 5.26 Å². The molecule has 0 aromatic carbocycles. The van der Waals surface area contributed by atoms with E-state index in [2.05, 4.69) is 38.3 Å². The van der Waals surface area contributed by atoms with Gasteiger partial charge in [-0.2, -0.15) is 5.26 Å². The van der Waals surface area contributed by atoms with Crippen molar-refractivity contribution in [2.24, 2.45) is 0 Å². The number of carbonyl (C=O) groups excluding carboxylic acids is 1. The molecule has 7 heteroatoms. The zero-order valence-electron chi connectivity index (χ0n) is 17.4. The van der Waals surface area contributed by atoms with E-state index in [0.29, 0.717) is 12.0 Å². The van der Waals surface area contributed by atoms with Gasteiger partial charge in [-0.25, -0.2) is 0 Å². The second-order valence-corrected chi connectivity index (χ2v) is 9.26. The molecule has 0 spiro atoms. The second-order valence-electron chi connectivity index (χ2n) is 8.15. The highest BCUT2D eigenvalue weighted by Gasteiger charge is 2.22. The van der Waals surface area contributed by atoms with Crippen LogP contribution >= 0.6 is 11.3 Å². The van der Waals surface area contributed by atoms with Crippen molar-refractivity contribution < 1.29 is 4.79 Å². The summed E-state index contributed by atoms with van der Waals surface area (Å²) in [6.07, 6.45) is 9.70. The molecule has 0 radical (unpaired) electrons. The predicted molar refractivity (Wildman–Crippen MR) is 119 cm³/mol. The number of piperazine rings is 1. The van der Waals surface area contributed by atoms with Gasteiger partial charge in [0, 0.05) is 63.0 Å². The van der Waals surface area contributed by atoms with Crippen molar-refractivity contribution in [2.75, 3.05) is 38.0 Å². The highest BCUT2D eigenvalue weighted by molar-refractivity contribution is 7.16. The Hall–Kier alpha value is -2.27. The number of amides is 1. The maximum atomic E-state index is 12.6. The van der Waals surface area contributed by atoms with Crippen LogP contribution in [0, 0.1) is 11.3 Å². The van der Waals surface area contributed by atoms with Gasteiger partial charge >= 0.3 is 0 Å². The summed E-state index contributed by atoms with van der Waals surface area (Å²) in [4.78, 5) is 22.7. The van der Waals surface area contributed by atoms with Gasteiger partial charge in [-0.3, -0.25) is 14.7 Å². The van der Waals surface area contributed by atoms with Crippen LogP contribution in [0.1, 0.15) is 47.3 Å². The number of thiophene rings is 1. The largest absolute Gasteiger partial charge is 0.317 e. The van der Waals surface area contributed by atoms with E-state index in [1.807, 2.05) is 12.4 Å². The minimum Gasteiger partial charge on any atom is -0.317 e. The van der Waals surface area contributed by atoms with Gasteiger partial charge in [-0.15, -0.1) is 11.3 Å². The fourth-order valence-corrected chi connectivity index (χ4v) is 5.57. The SMILES string of the molecule is N#Cc1c(NC(=O)CCN2CCN(Cc3ccncc3)CC2)sc2c1CCCCC2. The Morgan fingerprint density at radius 2 is 1.83 bits per heavy atom. The molecule has 30 heavy (non-hydrogen) atoms. The van der Waals surface area contributed by atoms with Crippen LogP contribution in [0.25, 0.3) is 0 Å². The van der Waals surface area contributed by atoms with Crippen LogP contribution in [0.2, 0.25) is 0 Å². The summed E-state index contributed by atoms with van der Waals surface area (Å²) in [7, 11) is 0. The number of hydrogen-bond acceptors (Lipinski definition) is 6. The topological polar surface area (TPSA) is 72.3 Å². The molecular weight excluding hydrogens is 394 g/mol. The first-order valence-electron chi connectivity index (χ1n) is 10.9. The molecule has 0 atom stereocenters. The Balaban J connectivity index is 1.24. The van der Waals surface area contributed by atoms with E-state index in [0.717, 1.165) is 63.5 Å². The highest BCUT2D eigenvalue weighted by atomic mass is 32.1. The third kappa shape index (κ3) is 5.25. The normalized spacial score (nSPS) is 17.7. The molecule has 1 saturated heterocycles. The van der Waals surface area contributed by atoms with Gasteiger partial charge in [0.25, 0.3) is 0 Å². The molecule has 1 N–H and O–H groups in total. The summed E-state index contributed by atoms with van der Waals surface area (Å²) in [6, 6.07) is 6.47. The highest BCUT2D eigenvalue weighted by Crippen LogP contribution is 2.37. The van der Waals surface area contributed by atoms with Crippen molar-refractivity contribution in [1.82, 2.24) is 14.8 Å². The van der Waals surface area contributed by atoms with E-state index >= 15 is 0 Å². The Labute approximate surface area is 182 Å². The summed E-state index contributed by atoms with van der Waals surface area (Å²) in [5.74, 6) is 0.0159. The molecule has 3 heterocycles. The molecule has 0 bridgehead atoms. The molecule has 0 saturated carbocycles. The number of rotatable bonds is 6. The predicted octanol–water partition coefficient (Wildman–Crippen LogP) is 3.43. The van der Waals surface area contributed by atoms with Gasteiger partial charge in [-0.1, -0.05) is 6.42 Å². The Kier molecular flexibility index (Phi) is 7.11. The first-order chi connectivity index (χ1) is 14.7. The van der Waals surface area contributed by atoms with Crippen molar-refractivity contribution in [3.05, 3.63) is 46.1 Å².